The Morgan fingerprint density at radius 1 is 1.08 bits per heavy atom. The fourth-order valence-corrected chi connectivity index (χ4v) is 5.90. The Morgan fingerprint density at radius 3 is 2.42 bits per heavy atom. The highest BCUT2D eigenvalue weighted by Gasteiger charge is 2.43. The first kappa shape index (κ1) is 26.3. The van der Waals surface area contributed by atoms with Crippen LogP contribution in [0.1, 0.15) is 42.4 Å². The average molecular weight is 523 g/mol. The molecule has 2 saturated heterocycles. The quantitative estimate of drug-likeness (QED) is 0.522. The smallest absolute Gasteiger partial charge is 0.246 e. The first-order valence-electron chi connectivity index (χ1n) is 13.0. The second-order valence-electron chi connectivity index (χ2n) is 10.8. The van der Waals surface area contributed by atoms with E-state index in [1.54, 1.807) is 4.90 Å². The van der Waals surface area contributed by atoms with Crippen LogP contribution in [0.2, 0.25) is 0 Å². The summed E-state index contributed by atoms with van der Waals surface area (Å²) in [5, 5.41) is 34.9. The summed E-state index contributed by atoms with van der Waals surface area (Å²) < 4.78 is 26.7. The fourth-order valence-electron chi connectivity index (χ4n) is 5.90. The number of hydrogen-bond acceptors (Lipinski definition) is 6. The van der Waals surface area contributed by atoms with Gasteiger partial charge in [-0.05, 0) is 79.6 Å². The molecule has 0 aromatic heterocycles. The topological polar surface area (TPSA) is 99.8 Å². The van der Waals surface area contributed by atoms with Crippen molar-refractivity contribution >= 4 is 17.7 Å². The number of halogens is 2. The zero-order valence-electron chi connectivity index (χ0n) is 21.2. The van der Waals surface area contributed by atoms with Crippen molar-refractivity contribution < 1.29 is 23.8 Å². The van der Waals surface area contributed by atoms with Gasteiger partial charge in [0.15, 0.2) is 0 Å². The van der Waals surface area contributed by atoms with E-state index in [9.17, 15) is 29.1 Å². The van der Waals surface area contributed by atoms with Crippen LogP contribution in [-0.4, -0.2) is 75.9 Å². The van der Waals surface area contributed by atoms with E-state index in [-0.39, 0.29) is 42.9 Å². The van der Waals surface area contributed by atoms with Crippen LogP contribution in [0.15, 0.2) is 42.5 Å². The molecule has 7 nitrogen and oxygen atoms in total. The third kappa shape index (κ3) is 5.58. The Morgan fingerprint density at radius 2 is 1.76 bits per heavy atom. The molecule has 200 valence electrons. The molecule has 0 bridgehead atoms. The van der Waals surface area contributed by atoms with Crippen molar-refractivity contribution in [2.24, 2.45) is 0 Å². The molecule has 0 unspecified atom stereocenters. The summed E-state index contributed by atoms with van der Waals surface area (Å²) in [6, 6.07) is 11.0. The lowest BCUT2D eigenvalue weighted by Crippen LogP contribution is -2.57. The Kier molecular flexibility index (Phi) is 7.23. The summed E-state index contributed by atoms with van der Waals surface area (Å²) in [4.78, 5) is 16.3. The first-order chi connectivity index (χ1) is 18.2. The molecule has 38 heavy (non-hydrogen) atoms. The van der Waals surface area contributed by atoms with Crippen molar-refractivity contribution in [3.63, 3.8) is 0 Å². The van der Waals surface area contributed by atoms with Gasteiger partial charge in [0.05, 0.1) is 23.3 Å². The highest BCUT2D eigenvalue weighted by molar-refractivity contribution is 5.91. The van der Waals surface area contributed by atoms with Crippen molar-refractivity contribution in [3.05, 3.63) is 70.8 Å². The number of nitriles is 1. The molecular weight excluding hydrogens is 490 g/mol. The van der Waals surface area contributed by atoms with Gasteiger partial charge in [0.2, 0.25) is 5.91 Å². The summed E-state index contributed by atoms with van der Waals surface area (Å²) in [6.07, 6.45) is 4.88. The highest BCUT2D eigenvalue weighted by Crippen LogP contribution is 2.39. The summed E-state index contributed by atoms with van der Waals surface area (Å²) in [7, 11) is 0. The monoisotopic (exact) mass is 522 g/mol. The number of likely N-dealkylation sites (tertiary alicyclic amines) is 2. The molecule has 2 aromatic carbocycles. The van der Waals surface area contributed by atoms with Crippen molar-refractivity contribution in [2.75, 3.05) is 38.0 Å². The number of hydrogen-bond donors (Lipinski definition) is 3. The number of aliphatic hydroxyl groups is 2. The molecule has 9 heteroatoms. The number of nitrogens with one attached hydrogen (secondary N) is 1. The standard InChI is InChI=1S/C29H32F2N4O3/c30-23-14-20(15-24(31)16-23)2-4-27(37)35-11-7-29(38,8-12-35)26(36)19-34-9-5-28(6-10-34)17-22-13-21(18-32)1-3-25(22)33-28/h1-4,13-16,26,33,36,38H,5-12,17,19H2/b4-2+/t26-/m1/s1. The van der Waals surface area contributed by atoms with E-state index in [0.717, 1.165) is 56.2 Å². The van der Waals surface area contributed by atoms with Gasteiger partial charge in [0, 0.05) is 56.1 Å². The van der Waals surface area contributed by atoms with Crippen LogP contribution < -0.4 is 5.32 Å². The highest BCUT2D eigenvalue weighted by atomic mass is 19.1. The van der Waals surface area contributed by atoms with Crippen LogP contribution in [0.3, 0.4) is 0 Å². The Hall–Kier alpha value is -3.32. The number of anilines is 1. The third-order valence-corrected chi connectivity index (χ3v) is 8.27. The lowest BCUT2D eigenvalue weighted by molar-refractivity contribution is -0.140. The van der Waals surface area contributed by atoms with Crippen molar-refractivity contribution in [2.45, 2.75) is 49.3 Å². The number of fused-ring (bicyclic) bond motifs is 1. The van der Waals surface area contributed by atoms with Crippen LogP contribution >= 0.6 is 0 Å². The van der Waals surface area contributed by atoms with Gasteiger partial charge in [-0.2, -0.15) is 5.26 Å². The fraction of sp³-hybridized carbons (Fsp3) is 0.448. The van der Waals surface area contributed by atoms with E-state index in [4.69, 9.17) is 0 Å². The maximum Gasteiger partial charge on any atom is 0.246 e. The molecule has 3 heterocycles. The van der Waals surface area contributed by atoms with Crippen LogP contribution in [0.25, 0.3) is 6.08 Å². The molecule has 0 radical (unpaired) electrons. The van der Waals surface area contributed by atoms with Gasteiger partial charge in [-0.1, -0.05) is 0 Å². The molecule has 0 aliphatic carbocycles. The van der Waals surface area contributed by atoms with Crippen LogP contribution in [-0.2, 0) is 11.2 Å². The van der Waals surface area contributed by atoms with E-state index in [1.165, 1.54) is 17.7 Å². The average Bonchev–Trinajstić information content (AvgIpc) is 3.25. The second-order valence-corrected chi connectivity index (χ2v) is 10.8. The van der Waals surface area contributed by atoms with Crippen LogP contribution in [0.4, 0.5) is 14.5 Å². The van der Waals surface area contributed by atoms with Crippen LogP contribution in [0, 0.1) is 23.0 Å². The van der Waals surface area contributed by atoms with E-state index in [0.29, 0.717) is 12.1 Å². The van der Waals surface area contributed by atoms with E-state index in [1.807, 2.05) is 18.2 Å². The molecular formula is C29H32F2N4O3. The SMILES string of the molecule is N#Cc1ccc2c(c1)CC1(CCN(C[C@@H](O)C3(O)CCN(C(=O)/C=C/c4cc(F)cc(F)c4)CC3)CC1)N2. The molecule has 2 fully saturated rings. The largest absolute Gasteiger partial charge is 0.389 e. The van der Waals surface area contributed by atoms with Crippen molar-refractivity contribution in [1.29, 1.82) is 5.26 Å². The van der Waals surface area contributed by atoms with Gasteiger partial charge in [0.1, 0.15) is 11.6 Å². The zero-order chi connectivity index (χ0) is 26.9. The maximum absolute atomic E-state index is 13.4. The van der Waals surface area contributed by atoms with E-state index >= 15 is 0 Å². The molecule has 1 spiro atoms. The number of rotatable bonds is 5. The summed E-state index contributed by atoms with van der Waals surface area (Å²) in [6.45, 7) is 2.50. The third-order valence-electron chi connectivity index (χ3n) is 8.27. The molecule has 1 amide bonds. The lowest BCUT2D eigenvalue weighted by atomic mass is 9.83. The van der Waals surface area contributed by atoms with Gasteiger partial charge in [-0.25, -0.2) is 8.78 Å². The number of carbonyl (C=O) groups excluding carboxylic acids is 1. The minimum Gasteiger partial charge on any atom is -0.389 e. The Bertz CT molecular complexity index is 1250. The lowest BCUT2D eigenvalue weighted by Gasteiger charge is -2.44. The number of piperidine rings is 2. The summed E-state index contributed by atoms with van der Waals surface area (Å²) in [5.41, 5.74) is 1.87. The Balaban J connectivity index is 1.10. The van der Waals surface area contributed by atoms with Gasteiger partial charge < -0.3 is 25.3 Å². The summed E-state index contributed by atoms with van der Waals surface area (Å²) in [5.74, 6) is -1.73. The number of benzene rings is 2. The predicted molar refractivity (Wildman–Crippen MR) is 139 cm³/mol. The molecule has 3 aliphatic heterocycles. The number of carbonyl (C=O) groups is 1. The second kappa shape index (κ2) is 10.4. The molecule has 5 rings (SSSR count). The maximum atomic E-state index is 13.4. The first-order valence-corrected chi connectivity index (χ1v) is 13.0. The van der Waals surface area contributed by atoms with E-state index in [2.05, 4.69) is 16.3 Å². The number of amides is 1. The van der Waals surface area contributed by atoms with Gasteiger partial charge in [-0.3, -0.25) is 4.79 Å². The van der Waals surface area contributed by atoms with Gasteiger partial charge in [-0.15, -0.1) is 0 Å². The minimum atomic E-state index is -1.28. The molecule has 3 aliphatic rings. The van der Waals surface area contributed by atoms with Gasteiger partial charge >= 0.3 is 0 Å². The predicted octanol–water partition coefficient (Wildman–Crippen LogP) is 3.07. The van der Waals surface area contributed by atoms with Crippen LogP contribution in [0.5, 0.6) is 0 Å². The van der Waals surface area contributed by atoms with Crippen molar-refractivity contribution in [1.82, 2.24) is 9.80 Å². The van der Waals surface area contributed by atoms with Gasteiger partial charge in [0.25, 0.3) is 0 Å². The minimum absolute atomic E-state index is 0.0364. The zero-order valence-corrected chi connectivity index (χ0v) is 21.2. The van der Waals surface area contributed by atoms with Crippen molar-refractivity contribution in [3.8, 4) is 6.07 Å². The number of β-amino-alcohol motifs (C(OH)–C–C–N with tert-alkyl or cyclic N) is 1. The number of aliphatic hydroxyl groups excluding tert-OH is 1. The molecule has 2 aromatic rings. The Labute approximate surface area is 221 Å². The number of nitrogens with zero attached hydrogens (tertiary/aromatic N) is 3. The normalized spacial score (nSPS) is 21.2. The molecule has 0 saturated carbocycles. The molecule has 1 atom stereocenters. The van der Waals surface area contributed by atoms with E-state index < -0.39 is 23.3 Å². The molecule has 3 N–H and O–H groups in total. The summed E-state index contributed by atoms with van der Waals surface area (Å²) >= 11 is 0.